The molecule has 8 heteroatoms. The summed E-state index contributed by atoms with van der Waals surface area (Å²) < 4.78 is 10.5. The second kappa shape index (κ2) is 6.61. The molecule has 3 rings (SSSR count). The average molecular weight is 306 g/mol. The zero-order valence-corrected chi connectivity index (χ0v) is 11.9. The Kier molecular flexibility index (Phi) is 4.39. The van der Waals surface area contributed by atoms with E-state index in [9.17, 15) is 5.11 Å². The second-order valence-electron chi connectivity index (χ2n) is 4.39. The van der Waals surface area contributed by atoms with Crippen LogP contribution in [0.15, 0.2) is 40.3 Å². The summed E-state index contributed by atoms with van der Waals surface area (Å²) in [4.78, 5) is 2.32. The van der Waals surface area contributed by atoms with Gasteiger partial charge < -0.3 is 14.3 Å². The average Bonchev–Trinajstić information content (AvgIpc) is 3.21. The highest BCUT2D eigenvalue weighted by Gasteiger charge is 2.11. The molecule has 0 aliphatic carbocycles. The second-order valence-corrected chi connectivity index (χ2v) is 5.34. The van der Waals surface area contributed by atoms with Gasteiger partial charge in [0.2, 0.25) is 5.82 Å². The molecule has 0 spiro atoms. The predicted molar refractivity (Wildman–Crippen MR) is 75.5 cm³/mol. The maximum atomic E-state index is 9.89. The smallest absolute Gasteiger partial charge is 0.214 e. The third kappa shape index (κ3) is 3.75. The van der Waals surface area contributed by atoms with E-state index in [1.54, 1.807) is 23.7 Å². The predicted octanol–water partition coefficient (Wildman–Crippen LogP) is 1.57. The fourth-order valence-electron chi connectivity index (χ4n) is 1.76. The van der Waals surface area contributed by atoms with E-state index in [0.29, 0.717) is 12.4 Å². The number of aliphatic hydroxyl groups is 1. The van der Waals surface area contributed by atoms with E-state index in [-0.39, 0.29) is 13.2 Å². The summed E-state index contributed by atoms with van der Waals surface area (Å²) in [5.74, 6) is 1.29. The number of hydrogen-bond donors (Lipinski definition) is 1. The molecule has 1 atom stereocenters. The largest absolute Gasteiger partial charge is 0.467 e. The van der Waals surface area contributed by atoms with Gasteiger partial charge in [-0.15, -0.1) is 21.5 Å². The molecule has 0 bridgehead atoms. The van der Waals surface area contributed by atoms with Crippen molar-refractivity contribution in [2.24, 2.45) is 0 Å². The topological polar surface area (TPSA) is 86.2 Å². The van der Waals surface area contributed by atoms with E-state index >= 15 is 0 Å². The molecule has 0 aliphatic rings. The summed E-state index contributed by atoms with van der Waals surface area (Å²) in [7, 11) is 0. The number of rotatable bonds is 7. The van der Waals surface area contributed by atoms with E-state index in [0.717, 1.165) is 10.6 Å². The maximum Gasteiger partial charge on any atom is 0.214 e. The maximum absolute atomic E-state index is 9.89. The van der Waals surface area contributed by atoms with Crippen LogP contribution in [-0.2, 0) is 17.9 Å². The quantitative estimate of drug-likeness (QED) is 0.713. The number of aromatic nitrogens is 4. The Labute approximate surface area is 124 Å². The molecule has 0 saturated carbocycles. The minimum Gasteiger partial charge on any atom is -0.467 e. The number of nitrogens with zero attached hydrogens (tertiary/aromatic N) is 4. The molecule has 3 heterocycles. The van der Waals surface area contributed by atoms with Crippen LogP contribution in [0.2, 0.25) is 0 Å². The van der Waals surface area contributed by atoms with E-state index in [1.807, 2.05) is 23.6 Å². The van der Waals surface area contributed by atoms with E-state index in [2.05, 4.69) is 15.4 Å². The normalized spacial score (nSPS) is 12.6. The van der Waals surface area contributed by atoms with Crippen LogP contribution in [0.25, 0.3) is 10.7 Å². The van der Waals surface area contributed by atoms with Gasteiger partial charge in [-0.3, -0.25) is 0 Å². The van der Waals surface area contributed by atoms with Gasteiger partial charge in [0.15, 0.2) is 0 Å². The number of furan rings is 1. The lowest BCUT2D eigenvalue weighted by Gasteiger charge is -2.09. The van der Waals surface area contributed by atoms with Crippen LogP contribution in [0.3, 0.4) is 0 Å². The highest BCUT2D eigenvalue weighted by atomic mass is 32.1. The Morgan fingerprint density at radius 2 is 2.33 bits per heavy atom. The number of tetrazole rings is 1. The van der Waals surface area contributed by atoms with Gasteiger partial charge >= 0.3 is 0 Å². The third-order valence-corrected chi connectivity index (χ3v) is 3.57. The lowest BCUT2D eigenvalue weighted by atomic mass is 10.4. The lowest BCUT2D eigenvalue weighted by Crippen LogP contribution is -2.23. The van der Waals surface area contributed by atoms with Crippen LogP contribution in [0.5, 0.6) is 0 Å². The molecule has 0 aromatic carbocycles. The van der Waals surface area contributed by atoms with Crippen molar-refractivity contribution in [3.05, 3.63) is 41.7 Å². The first kappa shape index (κ1) is 13.9. The molecule has 0 radical (unpaired) electrons. The van der Waals surface area contributed by atoms with Crippen LogP contribution >= 0.6 is 11.3 Å². The monoisotopic (exact) mass is 306 g/mol. The number of hydrogen-bond acceptors (Lipinski definition) is 7. The zero-order valence-electron chi connectivity index (χ0n) is 11.1. The van der Waals surface area contributed by atoms with E-state index < -0.39 is 6.10 Å². The molecule has 0 saturated heterocycles. The number of aliphatic hydroxyl groups excluding tert-OH is 1. The summed E-state index contributed by atoms with van der Waals surface area (Å²) in [6.07, 6.45) is 0.881. The van der Waals surface area contributed by atoms with Crippen molar-refractivity contribution in [2.45, 2.75) is 19.3 Å². The van der Waals surface area contributed by atoms with Crippen LogP contribution in [0.1, 0.15) is 5.76 Å². The molecule has 0 aliphatic heterocycles. The molecule has 0 amide bonds. The minimum atomic E-state index is -0.703. The van der Waals surface area contributed by atoms with Gasteiger partial charge in [-0.2, -0.15) is 4.80 Å². The molecule has 1 N–H and O–H groups in total. The molecule has 110 valence electrons. The molecular weight excluding hydrogens is 292 g/mol. The molecule has 1 unspecified atom stereocenters. The molecule has 7 nitrogen and oxygen atoms in total. The van der Waals surface area contributed by atoms with Crippen molar-refractivity contribution in [1.29, 1.82) is 0 Å². The first-order valence-corrected chi connectivity index (χ1v) is 7.29. The zero-order chi connectivity index (χ0) is 14.5. The first-order chi connectivity index (χ1) is 10.3. The van der Waals surface area contributed by atoms with Crippen molar-refractivity contribution < 1.29 is 14.3 Å². The van der Waals surface area contributed by atoms with Gasteiger partial charge in [0.25, 0.3) is 0 Å². The Morgan fingerprint density at radius 1 is 1.38 bits per heavy atom. The van der Waals surface area contributed by atoms with Crippen molar-refractivity contribution in [3.63, 3.8) is 0 Å². The lowest BCUT2D eigenvalue weighted by molar-refractivity contribution is 0.0111. The minimum absolute atomic E-state index is 0.177. The first-order valence-electron chi connectivity index (χ1n) is 6.41. The Hall–Kier alpha value is -2.03. The third-order valence-electron chi connectivity index (χ3n) is 2.70. The van der Waals surface area contributed by atoms with Crippen molar-refractivity contribution in [2.75, 3.05) is 6.61 Å². The van der Waals surface area contributed by atoms with Crippen LogP contribution in [0, 0.1) is 0 Å². The summed E-state index contributed by atoms with van der Waals surface area (Å²) in [6, 6.07) is 7.46. The molecular formula is C13H14N4O3S. The number of ether oxygens (including phenoxy) is 1. The van der Waals surface area contributed by atoms with Gasteiger partial charge in [0.05, 0.1) is 30.4 Å². The van der Waals surface area contributed by atoms with Crippen molar-refractivity contribution in [1.82, 2.24) is 20.2 Å². The van der Waals surface area contributed by atoms with Gasteiger partial charge in [-0.25, -0.2) is 0 Å². The summed E-state index contributed by atoms with van der Waals surface area (Å²) >= 11 is 1.54. The van der Waals surface area contributed by atoms with Crippen molar-refractivity contribution >= 4 is 11.3 Å². The number of thiophene rings is 1. The van der Waals surface area contributed by atoms with Crippen LogP contribution in [-0.4, -0.2) is 38.0 Å². The van der Waals surface area contributed by atoms with Gasteiger partial charge in [0.1, 0.15) is 12.4 Å². The van der Waals surface area contributed by atoms with E-state index in [1.165, 1.54) is 4.80 Å². The van der Waals surface area contributed by atoms with Gasteiger partial charge in [0, 0.05) is 0 Å². The molecule has 0 fully saturated rings. The Balaban J connectivity index is 1.47. The van der Waals surface area contributed by atoms with Crippen molar-refractivity contribution in [3.8, 4) is 10.7 Å². The van der Waals surface area contributed by atoms with Crippen LogP contribution in [0.4, 0.5) is 0 Å². The molecule has 3 aromatic heterocycles. The fourth-order valence-corrected chi connectivity index (χ4v) is 2.40. The van der Waals surface area contributed by atoms with Gasteiger partial charge in [-0.05, 0) is 28.8 Å². The van der Waals surface area contributed by atoms with Gasteiger partial charge in [-0.1, -0.05) is 6.07 Å². The van der Waals surface area contributed by atoms with E-state index in [4.69, 9.17) is 9.15 Å². The summed E-state index contributed by atoms with van der Waals surface area (Å²) in [5.41, 5.74) is 0. The molecule has 21 heavy (non-hydrogen) atoms. The highest BCUT2D eigenvalue weighted by molar-refractivity contribution is 7.13. The SMILES string of the molecule is OC(COCc1ccco1)Cn1nnc(-c2cccs2)n1. The standard InChI is InChI=1S/C13H14N4O3S/c18-10(8-19-9-11-3-1-5-20-11)7-17-15-13(14-16-17)12-4-2-6-21-12/h1-6,10,18H,7-9H2. The molecule has 3 aromatic rings. The Morgan fingerprint density at radius 3 is 3.10 bits per heavy atom. The summed E-state index contributed by atoms with van der Waals surface area (Å²) in [6.45, 7) is 0.738. The van der Waals surface area contributed by atoms with Crippen LogP contribution < -0.4 is 0 Å². The summed E-state index contributed by atoms with van der Waals surface area (Å²) in [5, 5.41) is 23.9. The Bertz CT molecular complexity index is 651. The fraction of sp³-hybridized carbons (Fsp3) is 0.308. The highest BCUT2D eigenvalue weighted by Crippen LogP contribution is 2.19.